The lowest BCUT2D eigenvalue weighted by Gasteiger charge is -2.29. The number of thioether (sulfide) groups is 1. The molecule has 1 aromatic carbocycles. The summed E-state index contributed by atoms with van der Waals surface area (Å²) in [5.74, 6) is 1.12. The summed E-state index contributed by atoms with van der Waals surface area (Å²) in [5, 5.41) is 13.2. The smallest absolute Gasteiger partial charge is 0.161 e. The Bertz CT molecular complexity index is 521. The lowest BCUT2D eigenvalue weighted by Crippen LogP contribution is -2.29. The molecule has 1 saturated carbocycles. The number of anilines is 1. The van der Waals surface area contributed by atoms with Gasteiger partial charge in [-0.1, -0.05) is 31.0 Å². The largest absolute Gasteiger partial charge is 0.335 e. The summed E-state index contributed by atoms with van der Waals surface area (Å²) in [6.07, 6.45) is 6.46. The van der Waals surface area contributed by atoms with Crippen LogP contribution >= 0.6 is 11.8 Å². The Hall–Kier alpha value is -1.47. The summed E-state index contributed by atoms with van der Waals surface area (Å²) >= 11 is 1.83. The first kappa shape index (κ1) is 12.6. The molecule has 1 fully saturated rings. The van der Waals surface area contributed by atoms with Crippen LogP contribution in [0.2, 0.25) is 0 Å². The van der Waals surface area contributed by atoms with E-state index in [1.165, 1.54) is 32.1 Å². The lowest BCUT2D eigenvalue weighted by atomic mass is 9.84. The van der Waals surface area contributed by atoms with Crippen molar-refractivity contribution in [3.05, 3.63) is 29.8 Å². The number of amidine groups is 1. The van der Waals surface area contributed by atoms with Gasteiger partial charge in [0.2, 0.25) is 0 Å². The zero-order valence-corrected chi connectivity index (χ0v) is 11.7. The molecule has 98 valence electrons. The molecule has 19 heavy (non-hydrogen) atoms. The van der Waals surface area contributed by atoms with Gasteiger partial charge in [-0.2, -0.15) is 5.26 Å². The van der Waals surface area contributed by atoms with Crippen LogP contribution in [-0.4, -0.2) is 16.5 Å². The third-order valence-electron chi connectivity index (χ3n) is 3.87. The summed E-state index contributed by atoms with van der Waals surface area (Å²) < 4.78 is 0. The molecule has 3 rings (SSSR count). The maximum Gasteiger partial charge on any atom is 0.161 e. The third kappa shape index (κ3) is 2.76. The van der Waals surface area contributed by atoms with Gasteiger partial charge in [-0.3, -0.25) is 4.99 Å². The van der Waals surface area contributed by atoms with Gasteiger partial charge >= 0.3 is 0 Å². The van der Waals surface area contributed by atoms with Crippen molar-refractivity contribution in [2.45, 2.75) is 37.6 Å². The van der Waals surface area contributed by atoms with Crippen LogP contribution in [0.15, 0.2) is 29.3 Å². The van der Waals surface area contributed by atoms with E-state index in [4.69, 9.17) is 10.3 Å². The van der Waals surface area contributed by atoms with Gasteiger partial charge in [0.1, 0.15) is 0 Å². The van der Waals surface area contributed by atoms with Crippen LogP contribution in [0.1, 0.15) is 37.7 Å². The van der Waals surface area contributed by atoms with Gasteiger partial charge < -0.3 is 5.32 Å². The van der Waals surface area contributed by atoms with Gasteiger partial charge in [0, 0.05) is 11.4 Å². The van der Waals surface area contributed by atoms with E-state index in [1.807, 2.05) is 36.0 Å². The van der Waals surface area contributed by atoms with Crippen LogP contribution in [0.4, 0.5) is 5.69 Å². The molecule has 1 aliphatic heterocycles. The van der Waals surface area contributed by atoms with Crippen molar-refractivity contribution in [2.75, 3.05) is 11.1 Å². The van der Waals surface area contributed by atoms with Crippen LogP contribution in [-0.2, 0) is 0 Å². The van der Waals surface area contributed by atoms with Crippen molar-refractivity contribution < 1.29 is 0 Å². The zero-order valence-electron chi connectivity index (χ0n) is 10.9. The van der Waals surface area contributed by atoms with E-state index >= 15 is 0 Å². The van der Waals surface area contributed by atoms with E-state index in [2.05, 4.69) is 11.4 Å². The number of hydrogen-bond donors (Lipinski definition) is 1. The highest BCUT2D eigenvalue weighted by Gasteiger charge is 2.36. The van der Waals surface area contributed by atoms with Crippen molar-refractivity contribution in [1.29, 1.82) is 5.26 Å². The predicted molar refractivity (Wildman–Crippen MR) is 80.5 cm³/mol. The Labute approximate surface area is 118 Å². The first-order chi connectivity index (χ1) is 9.30. The summed E-state index contributed by atoms with van der Waals surface area (Å²) in [7, 11) is 0. The SMILES string of the molecule is N#Cc1ccc(NC2=NC3(CCCCC3)CS2)cc1. The Kier molecular flexibility index (Phi) is 3.48. The minimum Gasteiger partial charge on any atom is -0.335 e. The fourth-order valence-electron chi connectivity index (χ4n) is 2.76. The van der Waals surface area contributed by atoms with Gasteiger partial charge in [-0.15, -0.1) is 0 Å². The van der Waals surface area contributed by atoms with E-state index in [1.54, 1.807) is 0 Å². The second-order valence-electron chi connectivity index (χ2n) is 5.30. The van der Waals surface area contributed by atoms with Gasteiger partial charge in [-0.05, 0) is 37.1 Å². The van der Waals surface area contributed by atoms with Crippen LogP contribution < -0.4 is 5.32 Å². The molecule has 1 aliphatic carbocycles. The fourth-order valence-corrected chi connectivity index (χ4v) is 3.97. The number of nitriles is 1. The number of nitrogens with one attached hydrogen (secondary N) is 1. The van der Waals surface area contributed by atoms with Crippen molar-refractivity contribution in [3.63, 3.8) is 0 Å². The molecule has 0 aromatic heterocycles. The van der Waals surface area contributed by atoms with Crippen LogP contribution in [0.25, 0.3) is 0 Å². The maximum absolute atomic E-state index is 8.78. The Morgan fingerprint density at radius 2 is 1.89 bits per heavy atom. The quantitative estimate of drug-likeness (QED) is 0.845. The molecule has 1 heterocycles. The monoisotopic (exact) mass is 271 g/mol. The molecule has 2 aliphatic rings. The highest BCUT2D eigenvalue weighted by atomic mass is 32.2. The van der Waals surface area contributed by atoms with Gasteiger partial charge in [0.25, 0.3) is 0 Å². The van der Waals surface area contributed by atoms with Gasteiger partial charge in [0.15, 0.2) is 5.17 Å². The summed E-state index contributed by atoms with van der Waals surface area (Å²) in [6, 6.07) is 9.67. The number of hydrogen-bond acceptors (Lipinski definition) is 4. The number of aliphatic imine (C=N–C) groups is 1. The molecule has 0 radical (unpaired) electrons. The van der Waals surface area contributed by atoms with E-state index in [-0.39, 0.29) is 5.54 Å². The van der Waals surface area contributed by atoms with E-state index in [0.29, 0.717) is 5.56 Å². The van der Waals surface area contributed by atoms with Gasteiger partial charge in [-0.25, -0.2) is 0 Å². The Morgan fingerprint density at radius 1 is 1.16 bits per heavy atom. The first-order valence-corrected chi connectivity index (χ1v) is 7.78. The molecule has 1 aromatic rings. The van der Waals surface area contributed by atoms with E-state index < -0.39 is 0 Å². The Balaban J connectivity index is 1.70. The maximum atomic E-state index is 8.78. The van der Waals surface area contributed by atoms with Crippen molar-refractivity contribution in [2.24, 2.45) is 4.99 Å². The van der Waals surface area contributed by atoms with E-state index in [0.717, 1.165) is 16.6 Å². The summed E-state index contributed by atoms with van der Waals surface area (Å²) in [4.78, 5) is 4.92. The molecule has 0 bridgehead atoms. The highest BCUT2D eigenvalue weighted by molar-refractivity contribution is 8.14. The fraction of sp³-hybridized carbons (Fsp3) is 0.467. The van der Waals surface area contributed by atoms with Crippen LogP contribution in [0, 0.1) is 11.3 Å². The van der Waals surface area contributed by atoms with E-state index in [9.17, 15) is 0 Å². The molecular weight excluding hydrogens is 254 g/mol. The number of nitrogens with zero attached hydrogens (tertiary/aromatic N) is 2. The topological polar surface area (TPSA) is 48.2 Å². The second kappa shape index (κ2) is 5.26. The standard InChI is InChI=1S/C15H17N3S/c16-10-12-4-6-13(7-5-12)17-14-18-15(11-19-14)8-2-1-3-9-15/h4-7H,1-3,8-9,11H2,(H,17,18). The Morgan fingerprint density at radius 3 is 2.58 bits per heavy atom. The molecule has 1 N–H and O–H groups in total. The van der Waals surface area contributed by atoms with Crippen LogP contribution in [0.5, 0.6) is 0 Å². The zero-order chi connectivity index (χ0) is 13.1. The average molecular weight is 271 g/mol. The van der Waals surface area contributed by atoms with Gasteiger partial charge in [0.05, 0.1) is 17.2 Å². The molecule has 0 amide bonds. The third-order valence-corrected chi connectivity index (χ3v) is 5.01. The minimum atomic E-state index is 0.206. The van der Waals surface area contributed by atoms with Crippen molar-refractivity contribution >= 4 is 22.6 Å². The first-order valence-electron chi connectivity index (χ1n) is 6.80. The molecular formula is C15H17N3S. The molecule has 4 heteroatoms. The summed E-state index contributed by atoms with van der Waals surface area (Å²) in [6.45, 7) is 0. The predicted octanol–water partition coefficient (Wildman–Crippen LogP) is 3.78. The average Bonchev–Trinajstić information content (AvgIpc) is 2.83. The number of rotatable bonds is 1. The van der Waals surface area contributed by atoms with Crippen molar-refractivity contribution in [3.8, 4) is 6.07 Å². The minimum absolute atomic E-state index is 0.206. The van der Waals surface area contributed by atoms with Crippen molar-refractivity contribution in [1.82, 2.24) is 0 Å². The molecule has 0 atom stereocenters. The van der Waals surface area contributed by atoms with Crippen LogP contribution in [0.3, 0.4) is 0 Å². The molecule has 0 unspecified atom stereocenters. The lowest BCUT2D eigenvalue weighted by molar-refractivity contribution is 0.335. The molecule has 3 nitrogen and oxygen atoms in total. The molecule has 1 spiro atoms. The normalized spacial score (nSPS) is 20.9. The summed E-state index contributed by atoms with van der Waals surface area (Å²) in [5.41, 5.74) is 1.91. The molecule has 0 saturated heterocycles. The highest BCUT2D eigenvalue weighted by Crippen LogP contribution is 2.39. The second-order valence-corrected chi connectivity index (χ2v) is 6.27. The number of benzene rings is 1.